The minimum absolute atomic E-state index is 0.149. The summed E-state index contributed by atoms with van der Waals surface area (Å²) in [5.74, 6) is 0.514. The highest BCUT2D eigenvalue weighted by atomic mass is 16.6. The van der Waals surface area contributed by atoms with Gasteiger partial charge in [0, 0.05) is 6.54 Å². The number of nitrogens with zero attached hydrogens (tertiary/aromatic N) is 3. The van der Waals surface area contributed by atoms with Crippen LogP contribution in [0.3, 0.4) is 0 Å². The first-order chi connectivity index (χ1) is 11.1. The Hall–Kier alpha value is -1.95. The quantitative estimate of drug-likeness (QED) is 0.416. The third-order valence-electron chi connectivity index (χ3n) is 3.89. The number of hydrogen-bond acceptors (Lipinski definition) is 6. The molecule has 0 aromatic carbocycles. The van der Waals surface area contributed by atoms with Gasteiger partial charge in [0.2, 0.25) is 0 Å². The molecule has 126 valence electrons. The van der Waals surface area contributed by atoms with E-state index in [9.17, 15) is 4.79 Å². The number of carbonyl (C=O) groups excluding carboxylic acids is 1. The van der Waals surface area contributed by atoms with Gasteiger partial charge in [-0.05, 0) is 45.2 Å². The number of anilines is 1. The molecule has 0 radical (unpaired) electrons. The maximum absolute atomic E-state index is 12.0. The van der Waals surface area contributed by atoms with Crippen LogP contribution in [0, 0.1) is 6.92 Å². The molecule has 1 aliphatic heterocycles. The van der Waals surface area contributed by atoms with E-state index < -0.39 is 6.10 Å². The van der Waals surface area contributed by atoms with Crippen molar-refractivity contribution in [1.29, 1.82) is 0 Å². The highest BCUT2D eigenvalue weighted by Gasteiger charge is 2.28. The van der Waals surface area contributed by atoms with Crippen LogP contribution in [0.1, 0.15) is 31.9 Å². The highest BCUT2D eigenvalue weighted by Crippen LogP contribution is 2.23. The van der Waals surface area contributed by atoms with Crippen LogP contribution in [-0.2, 0) is 14.3 Å². The molecular weight excluding hydrogens is 294 g/mol. The molecule has 1 aromatic heterocycles. The van der Waals surface area contributed by atoms with Crippen molar-refractivity contribution in [2.75, 3.05) is 24.7 Å². The van der Waals surface area contributed by atoms with E-state index in [0.717, 1.165) is 37.3 Å². The summed E-state index contributed by atoms with van der Waals surface area (Å²) in [4.78, 5) is 14.1. The third kappa shape index (κ3) is 5.03. The van der Waals surface area contributed by atoms with Gasteiger partial charge < -0.3 is 14.4 Å². The molecule has 2 atom stereocenters. The molecule has 0 bridgehead atoms. The molecule has 0 spiro atoms. The Kier molecular flexibility index (Phi) is 6.52. The zero-order valence-corrected chi connectivity index (χ0v) is 13.9. The Morgan fingerprint density at radius 2 is 2.35 bits per heavy atom. The van der Waals surface area contributed by atoms with E-state index in [1.54, 1.807) is 13.0 Å². The molecule has 0 amide bonds. The van der Waals surface area contributed by atoms with Gasteiger partial charge >= 0.3 is 5.97 Å². The van der Waals surface area contributed by atoms with E-state index in [-0.39, 0.29) is 12.0 Å². The van der Waals surface area contributed by atoms with Crippen molar-refractivity contribution < 1.29 is 14.3 Å². The van der Waals surface area contributed by atoms with Crippen LogP contribution in [0.5, 0.6) is 0 Å². The zero-order chi connectivity index (χ0) is 16.7. The molecule has 0 unspecified atom stereocenters. The number of hydrogen-bond donors (Lipinski definition) is 0. The summed E-state index contributed by atoms with van der Waals surface area (Å²) >= 11 is 0. The predicted molar refractivity (Wildman–Crippen MR) is 88.3 cm³/mol. The van der Waals surface area contributed by atoms with Gasteiger partial charge in [0.05, 0.1) is 18.3 Å². The molecule has 1 aromatic rings. The normalized spacial score (nSPS) is 18.7. The summed E-state index contributed by atoms with van der Waals surface area (Å²) in [6, 6.07) is 4.05. The first kappa shape index (κ1) is 17.4. The second-order valence-corrected chi connectivity index (χ2v) is 5.74. The fraction of sp³-hybridized carbons (Fsp3) is 0.588. The monoisotopic (exact) mass is 319 g/mol. The van der Waals surface area contributed by atoms with Gasteiger partial charge in [-0.1, -0.05) is 6.08 Å². The molecule has 1 aliphatic rings. The van der Waals surface area contributed by atoms with Crippen molar-refractivity contribution in [2.45, 2.75) is 45.3 Å². The van der Waals surface area contributed by atoms with Gasteiger partial charge in [-0.3, -0.25) is 0 Å². The van der Waals surface area contributed by atoms with Crippen LogP contribution in [0.2, 0.25) is 0 Å². The van der Waals surface area contributed by atoms with Crippen molar-refractivity contribution in [3.8, 4) is 0 Å². The molecule has 6 nitrogen and oxygen atoms in total. The topological polar surface area (TPSA) is 64.6 Å². The lowest BCUT2D eigenvalue weighted by Crippen LogP contribution is -2.36. The SMILES string of the molecule is C=CCCO[C@@H](C)C(=O)OC[C@H]1CCCN1c1ccc(C)nn1. The van der Waals surface area contributed by atoms with Crippen LogP contribution in [0.25, 0.3) is 0 Å². The van der Waals surface area contributed by atoms with E-state index in [4.69, 9.17) is 9.47 Å². The average Bonchev–Trinajstić information content (AvgIpc) is 3.02. The Morgan fingerprint density at radius 3 is 3.04 bits per heavy atom. The predicted octanol–water partition coefficient (Wildman–Crippen LogP) is 2.28. The lowest BCUT2D eigenvalue weighted by atomic mass is 10.2. The van der Waals surface area contributed by atoms with E-state index in [1.807, 2.05) is 19.1 Å². The molecule has 2 rings (SSSR count). The van der Waals surface area contributed by atoms with E-state index in [2.05, 4.69) is 21.7 Å². The number of aromatic nitrogens is 2. The van der Waals surface area contributed by atoms with Crippen molar-refractivity contribution >= 4 is 11.8 Å². The van der Waals surface area contributed by atoms with Crippen molar-refractivity contribution in [3.05, 3.63) is 30.5 Å². The highest BCUT2D eigenvalue weighted by molar-refractivity contribution is 5.74. The van der Waals surface area contributed by atoms with Crippen LogP contribution < -0.4 is 4.90 Å². The third-order valence-corrected chi connectivity index (χ3v) is 3.89. The summed E-state index contributed by atoms with van der Waals surface area (Å²) < 4.78 is 10.8. The Balaban J connectivity index is 1.83. The smallest absolute Gasteiger partial charge is 0.335 e. The van der Waals surface area contributed by atoms with E-state index in [1.165, 1.54) is 0 Å². The maximum atomic E-state index is 12.0. The standard InChI is InChI=1S/C17H25N3O3/c1-4-5-11-22-14(3)17(21)23-12-15-7-6-10-20(15)16-9-8-13(2)18-19-16/h4,8-9,14-15H,1,5-7,10-12H2,2-3H3/t14-,15+/m0/s1. The fourth-order valence-electron chi connectivity index (χ4n) is 2.55. The Bertz CT molecular complexity index is 518. The largest absolute Gasteiger partial charge is 0.462 e. The molecule has 0 N–H and O–H groups in total. The van der Waals surface area contributed by atoms with Crippen molar-refractivity contribution in [3.63, 3.8) is 0 Å². The second kappa shape index (κ2) is 8.62. The van der Waals surface area contributed by atoms with Gasteiger partial charge in [-0.25, -0.2) is 4.79 Å². The lowest BCUT2D eigenvalue weighted by Gasteiger charge is -2.25. The lowest BCUT2D eigenvalue weighted by molar-refractivity contribution is -0.156. The minimum Gasteiger partial charge on any atom is -0.462 e. The molecule has 0 aliphatic carbocycles. The average molecular weight is 319 g/mol. The first-order valence-corrected chi connectivity index (χ1v) is 8.08. The van der Waals surface area contributed by atoms with E-state index in [0.29, 0.717) is 13.2 Å². The number of aryl methyl sites for hydroxylation is 1. The summed E-state index contributed by atoms with van der Waals surface area (Å²) in [5.41, 5.74) is 0.890. The van der Waals surface area contributed by atoms with Gasteiger partial charge in [0.25, 0.3) is 0 Å². The van der Waals surface area contributed by atoms with Crippen molar-refractivity contribution in [2.24, 2.45) is 0 Å². The molecular formula is C17H25N3O3. The number of rotatable bonds is 8. The van der Waals surface area contributed by atoms with Crippen LogP contribution in [0.15, 0.2) is 24.8 Å². The summed E-state index contributed by atoms with van der Waals surface area (Å²) in [6.45, 7) is 8.98. The fourth-order valence-corrected chi connectivity index (χ4v) is 2.55. The summed E-state index contributed by atoms with van der Waals surface area (Å²) in [7, 11) is 0. The van der Waals surface area contributed by atoms with Crippen molar-refractivity contribution in [1.82, 2.24) is 10.2 Å². The van der Waals surface area contributed by atoms with Crippen LogP contribution >= 0.6 is 0 Å². The first-order valence-electron chi connectivity index (χ1n) is 8.08. The number of esters is 1. The van der Waals surface area contributed by atoms with Crippen LogP contribution in [-0.4, -0.2) is 48.1 Å². The second-order valence-electron chi connectivity index (χ2n) is 5.74. The van der Waals surface area contributed by atoms with Gasteiger partial charge in [0.15, 0.2) is 11.9 Å². The summed E-state index contributed by atoms with van der Waals surface area (Å²) in [6.07, 6.45) is 3.97. The van der Waals surface area contributed by atoms with Gasteiger partial charge in [-0.2, -0.15) is 5.10 Å². The summed E-state index contributed by atoms with van der Waals surface area (Å²) in [5, 5.41) is 8.32. The zero-order valence-electron chi connectivity index (χ0n) is 13.9. The maximum Gasteiger partial charge on any atom is 0.335 e. The Labute approximate surface area is 137 Å². The molecule has 0 saturated carbocycles. The molecule has 2 heterocycles. The molecule has 23 heavy (non-hydrogen) atoms. The number of ether oxygens (including phenoxy) is 2. The van der Waals surface area contributed by atoms with Gasteiger partial charge in [0.1, 0.15) is 6.61 Å². The Morgan fingerprint density at radius 1 is 1.52 bits per heavy atom. The molecule has 6 heteroatoms. The number of carbonyl (C=O) groups is 1. The van der Waals surface area contributed by atoms with Gasteiger partial charge in [-0.15, -0.1) is 11.7 Å². The molecule has 1 fully saturated rings. The minimum atomic E-state index is -0.552. The van der Waals surface area contributed by atoms with E-state index >= 15 is 0 Å². The molecule has 1 saturated heterocycles. The van der Waals surface area contributed by atoms with Crippen LogP contribution in [0.4, 0.5) is 5.82 Å².